The molecule has 0 spiro atoms. The maximum atomic E-state index is 8.96. The summed E-state index contributed by atoms with van der Waals surface area (Å²) < 4.78 is 0. The molecule has 0 unspecified atom stereocenters. The van der Waals surface area contributed by atoms with Gasteiger partial charge in [0.25, 0.3) is 0 Å². The van der Waals surface area contributed by atoms with E-state index in [0.717, 1.165) is 11.1 Å². The lowest BCUT2D eigenvalue weighted by Gasteiger charge is -2.05. The van der Waals surface area contributed by atoms with E-state index in [-0.39, 0.29) is 0 Å². The molecule has 0 fully saturated rings. The molecule has 0 aliphatic heterocycles. The van der Waals surface area contributed by atoms with Crippen molar-refractivity contribution in [1.29, 1.82) is 0 Å². The fourth-order valence-electron chi connectivity index (χ4n) is 1.49. The molecule has 0 aliphatic carbocycles. The topological polar surface area (TPSA) is 40.5 Å². The van der Waals surface area contributed by atoms with Crippen molar-refractivity contribution in [3.05, 3.63) is 59.1 Å². The Bertz CT molecular complexity index is 460. The summed E-state index contributed by atoms with van der Waals surface area (Å²) in [5, 5.41) is 18.6. The lowest BCUT2D eigenvalue weighted by atomic mass is 10.0. The molecule has 0 heterocycles. The second kappa shape index (κ2) is 4.66. The van der Waals surface area contributed by atoms with Gasteiger partial charge in [-0.25, -0.2) is 0 Å². The van der Waals surface area contributed by atoms with Crippen LogP contribution in [0.5, 0.6) is 0 Å². The molecule has 0 aliphatic rings. The second-order valence-electron chi connectivity index (χ2n) is 3.50. The van der Waals surface area contributed by atoms with Gasteiger partial charge in [-0.1, -0.05) is 48.0 Å². The van der Waals surface area contributed by atoms with Gasteiger partial charge in [0.1, 0.15) is 0 Å². The van der Waals surface area contributed by atoms with Crippen LogP contribution in [0.1, 0.15) is 11.9 Å². The SMILES string of the molecule is OC(O)c1ccc(-c2ccc(Cl)cc2)cc1. The minimum Gasteiger partial charge on any atom is -0.364 e. The van der Waals surface area contributed by atoms with E-state index in [1.54, 1.807) is 12.1 Å². The molecule has 0 amide bonds. The molecule has 2 aromatic rings. The summed E-state index contributed by atoms with van der Waals surface area (Å²) in [4.78, 5) is 0. The summed E-state index contributed by atoms with van der Waals surface area (Å²) in [6.45, 7) is 0. The fraction of sp³-hybridized carbons (Fsp3) is 0.0769. The molecule has 0 aromatic heterocycles. The maximum Gasteiger partial charge on any atom is 0.178 e. The number of aliphatic hydroxyl groups is 2. The Balaban J connectivity index is 2.31. The van der Waals surface area contributed by atoms with Gasteiger partial charge in [-0.15, -0.1) is 0 Å². The molecule has 0 atom stereocenters. The largest absolute Gasteiger partial charge is 0.364 e. The zero-order valence-electron chi connectivity index (χ0n) is 8.47. The molecule has 2 N–H and O–H groups in total. The number of aliphatic hydroxyl groups excluding tert-OH is 1. The molecular formula is C13H11ClO2. The highest BCUT2D eigenvalue weighted by Gasteiger charge is 2.02. The summed E-state index contributed by atoms with van der Waals surface area (Å²) in [6.07, 6.45) is -1.42. The zero-order valence-corrected chi connectivity index (χ0v) is 9.22. The van der Waals surface area contributed by atoms with Crippen LogP contribution in [0.3, 0.4) is 0 Å². The minimum atomic E-state index is -1.42. The van der Waals surface area contributed by atoms with E-state index in [2.05, 4.69) is 0 Å². The molecule has 2 aromatic carbocycles. The monoisotopic (exact) mass is 234 g/mol. The summed E-state index contributed by atoms with van der Waals surface area (Å²) in [7, 11) is 0. The van der Waals surface area contributed by atoms with Crippen molar-refractivity contribution >= 4 is 11.6 Å². The van der Waals surface area contributed by atoms with Gasteiger partial charge in [0.2, 0.25) is 0 Å². The highest BCUT2D eigenvalue weighted by molar-refractivity contribution is 6.30. The van der Waals surface area contributed by atoms with Crippen molar-refractivity contribution in [2.24, 2.45) is 0 Å². The molecule has 0 radical (unpaired) electrons. The standard InChI is InChI=1S/C13H11ClO2/c14-12-7-5-10(6-8-12)9-1-3-11(4-2-9)13(15)16/h1-8,13,15-16H. The number of benzene rings is 2. The van der Waals surface area contributed by atoms with Crippen molar-refractivity contribution in [3.8, 4) is 11.1 Å². The Morgan fingerprint density at radius 2 is 1.19 bits per heavy atom. The van der Waals surface area contributed by atoms with Gasteiger partial charge in [-0.3, -0.25) is 0 Å². The van der Waals surface area contributed by atoms with Crippen LogP contribution in [0.25, 0.3) is 11.1 Å². The van der Waals surface area contributed by atoms with Crippen molar-refractivity contribution in [2.45, 2.75) is 6.29 Å². The predicted octanol–water partition coefficient (Wildman–Crippen LogP) is 2.99. The lowest BCUT2D eigenvalue weighted by molar-refractivity contribution is -0.0424. The zero-order chi connectivity index (χ0) is 11.5. The first kappa shape index (κ1) is 11.1. The van der Waals surface area contributed by atoms with Crippen molar-refractivity contribution in [1.82, 2.24) is 0 Å². The van der Waals surface area contributed by atoms with E-state index in [0.29, 0.717) is 10.6 Å². The third kappa shape index (κ3) is 2.42. The molecule has 3 heteroatoms. The fourth-order valence-corrected chi connectivity index (χ4v) is 1.62. The Hall–Kier alpha value is -1.35. The van der Waals surface area contributed by atoms with Crippen LogP contribution in [0, 0.1) is 0 Å². The van der Waals surface area contributed by atoms with Gasteiger partial charge in [0.15, 0.2) is 6.29 Å². The molecule has 82 valence electrons. The minimum absolute atomic E-state index is 0.484. The van der Waals surface area contributed by atoms with E-state index >= 15 is 0 Å². The van der Waals surface area contributed by atoms with Gasteiger partial charge in [-0.05, 0) is 23.3 Å². The van der Waals surface area contributed by atoms with Gasteiger partial charge < -0.3 is 10.2 Å². The van der Waals surface area contributed by atoms with Gasteiger partial charge in [0.05, 0.1) is 0 Å². The highest BCUT2D eigenvalue weighted by Crippen LogP contribution is 2.22. The van der Waals surface area contributed by atoms with Crippen molar-refractivity contribution in [3.63, 3.8) is 0 Å². The number of hydrogen-bond acceptors (Lipinski definition) is 2. The third-order valence-electron chi connectivity index (χ3n) is 2.39. The average Bonchev–Trinajstić information content (AvgIpc) is 2.30. The Kier molecular flexibility index (Phi) is 3.25. The van der Waals surface area contributed by atoms with Crippen molar-refractivity contribution in [2.75, 3.05) is 0 Å². The van der Waals surface area contributed by atoms with Crippen LogP contribution in [-0.2, 0) is 0 Å². The predicted molar refractivity (Wildman–Crippen MR) is 64.1 cm³/mol. The first-order valence-corrected chi connectivity index (χ1v) is 5.26. The Morgan fingerprint density at radius 3 is 1.62 bits per heavy atom. The molecule has 2 rings (SSSR count). The lowest BCUT2D eigenvalue weighted by Crippen LogP contribution is -1.93. The molecular weight excluding hydrogens is 224 g/mol. The Labute approximate surface area is 98.7 Å². The van der Waals surface area contributed by atoms with Crippen LogP contribution in [0.4, 0.5) is 0 Å². The summed E-state index contributed by atoms with van der Waals surface area (Å²) in [5.74, 6) is 0. The highest BCUT2D eigenvalue weighted by atomic mass is 35.5. The second-order valence-corrected chi connectivity index (χ2v) is 3.94. The van der Waals surface area contributed by atoms with Crippen LogP contribution in [-0.4, -0.2) is 10.2 Å². The van der Waals surface area contributed by atoms with E-state index in [9.17, 15) is 0 Å². The van der Waals surface area contributed by atoms with E-state index in [4.69, 9.17) is 21.8 Å². The van der Waals surface area contributed by atoms with Crippen LogP contribution < -0.4 is 0 Å². The molecule has 0 bridgehead atoms. The average molecular weight is 235 g/mol. The summed E-state index contributed by atoms with van der Waals surface area (Å²) in [6, 6.07) is 14.6. The van der Waals surface area contributed by atoms with Crippen LogP contribution in [0.2, 0.25) is 5.02 Å². The van der Waals surface area contributed by atoms with Crippen LogP contribution in [0.15, 0.2) is 48.5 Å². The normalized spacial score (nSPS) is 10.8. The van der Waals surface area contributed by atoms with E-state index < -0.39 is 6.29 Å². The number of rotatable bonds is 2. The first-order valence-electron chi connectivity index (χ1n) is 4.89. The van der Waals surface area contributed by atoms with Crippen LogP contribution >= 0.6 is 11.6 Å². The third-order valence-corrected chi connectivity index (χ3v) is 2.64. The maximum absolute atomic E-state index is 8.96. The Morgan fingerprint density at radius 1 is 0.750 bits per heavy atom. The smallest absolute Gasteiger partial charge is 0.178 e. The first-order chi connectivity index (χ1) is 7.66. The quantitative estimate of drug-likeness (QED) is 0.785. The van der Waals surface area contributed by atoms with E-state index in [1.165, 1.54) is 0 Å². The van der Waals surface area contributed by atoms with E-state index in [1.807, 2.05) is 36.4 Å². The molecule has 2 nitrogen and oxygen atoms in total. The van der Waals surface area contributed by atoms with Crippen molar-refractivity contribution < 1.29 is 10.2 Å². The summed E-state index contributed by atoms with van der Waals surface area (Å²) >= 11 is 5.80. The summed E-state index contributed by atoms with van der Waals surface area (Å²) in [5.41, 5.74) is 2.54. The number of hydrogen-bond donors (Lipinski definition) is 2. The van der Waals surface area contributed by atoms with Gasteiger partial charge >= 0.3 is 0 Å². The van der Waals surface area contributed by atoms with Gasteiger partial charge in [0, 0.05) is 10.6 Å². The molecule has 0 saturated carbocycles. The number of halogens is 1. The van der Waals surface area contributed by atoms with Gasteiger partial charge in [-0.2, -0.15) is 0 Å². The molecule has 16 heavy (non-hydrogen) atoms. The molecule has 0 saturated heterocycles.